The number of hydrogen-bond acceptors (Lipinski definition) is 5. The zero-order valence-corrected chi connectivity index (χ0v) is 23.6. The first-order valence-electron chi connectivity index (χ1n) is 12.9. The quantitative estimate of drug-likeness (QED) is 0.179. The van der Waals surface area contributed by atoms with Gasteiger partial charge in [-0.05, 0) is 67.5 Å². The standard InChI is InChI=1S/C31H33BrN2O4/c1-4-33(5-2)17-18-34-28(23-9-13-25(32)14-10-23)27(30(36)31(34)37)29(35)24-11-15-26(16-12-24)38-20-22-8-6-7-21(3)19-22/h6-16,19,28,35H,4-5,17-18,20H2,1-3H3. The molecule has 0 saturated carbocycles. The van der Waals surface area contributed by atoms with Crippen molar-refractivity contribution in [3.05, 3.63) is 105 Å². The van der Waals surface area contributed by atoms with Gasteiger partial charge in [-0.2, -0.15) is 0 Å². The number of Topliss-reactive ketones (excluding diaryl/α,β-unsaturated/α-hetero) is 1. The molecule has 0 aromatic heterocycles. The highest BCUT2D eigenvalue weighted by Gasteiger charge is 2.45. The highest BCUT2D eigenvalue weighted by atomic mass is 79.9. The van der Waals surface area contributed by atoms with Gasteiger partial charge in [0.05, 0.1) is 11.6 Å². The lowest BCUT2D eigenvalue weighted by Gasteiger charge is -2.28. The fourth-order valence-electron chi connectivity index (χ4n) is 4.72. The van der Waals surface area contributed by atoms with Gasteiger partial charge in [-0.15, -0.1) is 0 Å². The normalized spacial score (nSPS) is 16.9. The molecule has 6 nitrogen and oxygen atoms in total. The average molecular weight is 578 g/mol. The maximum atomic E-state index is 13.3. The van der Waals surface area contributed by atoms with Crippen LogP contribution in [0.15, 0.2) is 82.8 Å². The summed E-state index contributed by atoms with van der Waals surface area (Å²) in [4.78, 5) is 30.2. The summed E-state index contributed by atoms with van der Waals surface area (Å²) in [6.45, 7) is 9.32. The summed E-state index contributed by atoms with van der Waals surface area (Å²) in [5.41, 5.74) is 3.56. The van der Waals surface area contributed by atoms with E-state index < -0.39 is 17.7 Å². The number of ketones is 1. The van der Waals surface area contributed by atoms with Crippen molar-refractivity contribution < 1.29 is 19.4 Å². The van der Waals surface area contributed by atoms with Crippen molar-refractivity contribution in [2.75, 3.05) is 26.2 Å². The van der Waals surface area contributed by atoms with Crippen LogP contribution < -0.4 is 4.74 Å². The van der Waals surface area contributed by atoms with Crippen LogP contribution in [0.1, 0.15) is 42.1 Å². The van der Waals surface area contributed by atoms with Crippen LogP contribution in [0.2, 0.25) is 0 Å². The molecule has 1 aliphatic heterocycles. The Labute approximate surface area is 232 Å². The van der Waals surface area contributed by atoms with E-state index in [0.717, 1.165) is 28.7 Å². The number of carbonyl (C=O) groups excluding carboxylic acids is 2. The average Bonchev–Trinajstić information content (AvgIpc) is 3.18. The Hall–Kier alpha value is -3.42. The Morgan fingerprint density at radius 3 is 2.32 bits per heavy atom. The molecule has 3 aromatic carbocycles. The highest BCUT2D eigenvalue weighted by Crippen LogP contribution is 2.39. The molecule has 1 aliphatic rings. The van der Waals surface area contributed by atoms with E-state index in [2.05, 4.69) is 40.7 Å². The van der Waals surface area contributed by atoms with Gasteiger partial charge in [0.15, 0.2) is 0 Å². The largest absolute Gasteiger partial charge is 0.507 e. The van der Waals surface area contributed by atoms with Crippen molar-refractivity contribution in [2.24, 2.45) is 0 Å². The minimum absolute atomic E-state index is 0.102. The van der Waals surface area contributed by atoms with Crippen LogP contribution in [0.4, 0.5) is 0 Å². The number of aliphatic hydroxyl groups is 1. The van der Waals surface area contributed by atoms with E-state index in [1.165, 1.54) is 5.56 Å². The summed E-state index contributed by atoms with van der Waals surface area (Å²) in [6.07, 6.45) is 0. The zero-order valence-electron chi connectivity index (χ0n) is 22.0. The molecule has 38 heavy (non-hydrogen) atoms. The van der Waals surface area contributed by atoms with Gasteiger partial charge in [0.2, 0.25) is 0 Å². The molecular weight excluding hydrogens is 544 g/mol. The number of halogens is 1. The van der Waals surface area contributed by atoms with E-state index in [0.29, 0.717) is 31.0 Å². The monoisotopic (exact) mass is 576 g/mol. The third kappa shape index (κ3) is 6.17. The predicted molar refractivity (Wildman–Crippen MR) is 153 cm³/mol. The molecule has 198 valence electrons. The minimum Gasteiger partial charge on any atom is -0.507 e. The van der Waals surface area contributed by atoms with E-state index >= 15 is 0 Å². The summed E-state index contributed by atoms with van der Waals surface area (Å²) >= 11 is 3.45. The third-order valence-corrected chi connectivity index (χ3v) is 7.42. The molecule has 1 saturated heterocycles. The summed E-state index contributed by atoms with van der Waals surface area (Å²) in [5.74, 6) is -0.807. The molecule has 1 atom stereocenters. The number of aryl methyl sites for hydroxylation is 1. The lowest BCUT2D eigenvalue weighted by Crippen LogP contribution is -2.38. The zero-order chi connectivity index (χ0) is 27.2. The molecule has 1 unspecified atom stereocenters. The second-order valence-corrected chi connectivity index (χ2v) is 10.3. The summed E-state index contributed by atoms with van der Waals surface area (Å²) in [6, 6.07) is 21.9. The van der Waals surface area contributed by atoms with Gasteiger partial charge < -0.3 is 19.6 Å². The number of benzene rings is 3. The molecule has 1 amide bonds. The van der Waals surface area contributed by atoms with Gasteiger partial charge in [0.25, 0.3) is 11.7 Å². The van der Waals surface area contributed by atoms with Gasteiger partial charge in [-0.1, -0.05) is 71.7 Å². The number of amides is 1. The molecule has 0 bridgehead atoms. The summed E-state index contributed by atoms with van der Waals surface area (Å²) in [5, 5.41) is 11.3. The lowest BCUT2D eigenvalue weighted by molar-refractivity contribution is -0.140. The van der Waals surface area contributed by atoms with Crippen LogP contribution in [-0.4, -0.2) is 52.8 Å². The Bertz CT molecular complexity index is 1310. The van der Waals surface area contributed by atoms with Gasteiger partial charge in [0, 0.05) is 23.1 Å². The fourth-order valence-corrected chi connectivity index (χ4v) is 4.99. The second kappa shape index (κ2) is 12.4. The molecule has 1 N–H and O–H groups in total. The predicted octanol–water partition coefficient (Wildman–Crippen LogP) is 6.10. The summed E-state index contributed by atoms with van der Waals surface area (Å²) < 4.78 is 6.79. The molecule has 7 heteroatoms. The van der Waals surface area contributed by atoms with Crippen LogP contribution in [0.3, 0.4) is 0 Å². The Morgan fingerprint density at radius 2 is 1.68 bits per heavy atom. The number of nitrogens with zero attached hydrogens (tertiary/aromatic N) is 2. The first-order chi connectivity index (χ1) is 18.3. The van der Waals surface area contributed by atoms with Gasteiger partial charge >= 0.3 is 0 Å². The smallest absolute Gasteiger partial charge is 0.295 e. The van der Waals surface area contributed by atoms with Gasteiger partial charge in [-0.3, -0.25) is 9.59 Å². The summed E-state index contributed by atoms with van der Waals surface area (Å²) in [7, 11) is 0. The number of hydrogen-bond donors (Lipinski definition) is 1. The minimum atomic E-state index is -0.672. The first-order valence-corrected chi connectivity index (χ1v) is 13.7. The number of likely N-dealkylation sites (N-methyl/N-ethyl adjacent to an activating group) is 1. The van der Waals surface area contributed by atoms with E-state index in [-0.39, 0.29) is 11.3 Å². The van der Waals surface area contributed by atoms with Gasteiger partial charge in [-0.25, -0.2) is 0 Å². The maximum Gasteiger partial charge on any atom is 0.295 e. The van der Waals surface area contributed by atoms with Crippen LogP contribution in [0, 0.1) is 6.92 Å². The molecular formula is C31H33BrN2O4. The Balaban J connectivity index is 1.63. The Kier molecular flexibility index (Phi) is 9.02. The van der Waals surface area contributed by atoms with Crippen molar-refractivity contribution in [1.82, 2.24) is 9.80 Å². The number of aliphatic hydroxyl groups excluding tert-OH is 1. The molecule has 4 rings (SSSR count). The molecule has 3 aromatic rings. The fraction of sp³-hybridized carbons (Fsp3) is 0.290. The molecule has 1 fully saturated rings. The van der Waals surface area contributed by atoms with E-state index in [1.54, 1.807) is 29.2 Å². The van der Waals surface area contributed by atoms with Crippen molar-refractivity contribution in [3.8, 4) is 5.75 Å². The van der Waals surface area contributed by atoms with Crippen molar-refractivity contribution in [3.63, 3.8) is 0 Å². The highest BCUT2D eigenvalue weighted by molar-refractivity contribution is 9.10. The number of ether oxygens (including phenoxy) is 1. The van der Waals surface area contributed by atoms with Gasteiger partial charge in [0.1, 0.15) is 18.1 Å². The van der Waals surface area contributed by atoms with E-state index in [9.17, 15) is 14.7 Å². The molecule has 0 radical (unpaired) electrons. The topological polar surface area (TPSA) is 70.1 Å². The SMILES string of the molecule is CCN(CC)CCN1C(=O)C(=O)C(=C(O)c2ccc(OCc3cccc(C)c3)cc2)C1c1ccc(Br)cc1. The van der Waals surface area contributed by atoms with E-state index in [4.69, 9.17) is 4.74 Å². The number of likely N-dealkylation sites (tertiary alicyclic amines) is 1. The van der Waals surface area contributed by atoms with Crippen LogP contribution >= 0.6 is 15.9 Å². The number of rotatable bonds is 10. The lowest BCUT2D eigenvalue weighted by atomic mass is 9.95. The van der Waals surface area contributed by atoms with Crippen molar-refractivity contribution in [2.45, 2.75) is 33.4 Å². The van der Waals surface area contributed by atoms with Crippen LogP contribution in [0.25, 0.3) is 5.76 Å². The molecule has 0 spiro atoms. The third-order valence-electron chi connectivity index (χ3n) is 6.89. The van der Waals surface area contributed by atoms with Crippen LogP contribution in [0.5, 0.6) is 5.75 Å². The first kappa shape index (κ1) is 27.6. The maximum absolute atomic E-state index is 13.3. The molecule has 1 heterocycles. The second-order valence-electron chi connectivity index (χ2n) is 9.37. The molecule has 0 aliphatic carbocycles. The van der Waals surface area contributed by atoms with E-state index in [1.807, 2.05) is 49.4 Å². The van der Waals surface area contributed by atoms with Crippen LogP contribution in [-0.2, 0) is 16.2 Å². The number of carbonyl (C=O) groups is 2. The Morgan fingerprint density at radius 1 is 1.00 bits per heavy atom. The van der Waals surface area contributed by atoms with Crippen molar-refractivity contribution in [1.29, 1.82) is 0 Å². The van der Waals surface area contributed by atoms with Crippen molar-refractivity contribution >= 4 is 33.4 Å².